The molecule has 2 fully saturated rings. The van der Waals surface area contributed by atoms with Crippen LogP contribution in [0.5, 0.6) is 0 Å². The summed E-state index contributed by atoms with van der Waals surface area (Å²) >= 11 is 0. The van der Waals surface area contributed by atoms with Crippen molar-refractivity contribution in [2.75, 3.05) is 13.2 Å². The van der Waals surface area contributed by atoms with Crippen LogP contribution in [-0.4, -0.2) is 84.8 Å². The Bertz CT molecular complexity index is 1560. The molecule has 1 unspecified atom stereocenters. The highest BCUT2D eigenvalue weighted by Gasteiger charge is 2.56. The number of carbonyl (C=O) groups excluding carboxylic acids is 3. The van der Waals surface area contributed by atoms with Crippen LogP contribution in [0.2, 0.25) is 18.1 Å². The smallest absolute Gasteiger partial charge is 0.355 e. The molecule has 2 aliphatic heterocycles. The minimum absolute atomic E-state index is 0.00746. The van der Waals surface area contributed by atoms with E-state index in [1.807, 2.05) is 30.3 Å². The summed E-state index contributed by atoms with van der Waals surface area (Å²) in [7, 11) is -2.51. The highest BCUT2D eigenvalue weighted by molar-refractivity contribution is 6.73. The predicted octanol–water partition coefficient (Wildman–Crippen LogP) is 4.96. The molecule has 7 atom stereocenters. The van der Waals surface area contributed by atoms with Crippen molar-refractivity contribution in [3.8, 4) is 11.3 Å². The monoisotopic (exact) mass is 683 g/mol. The molecule has 2 aliphatic rings. The van der Waals surface area contributed by atoms with E-state index in [9.17, 15) is 18.8 Å². The van der Waals surface area contributed by atoms with Crippen LogP contribution in [0.3, 0.4) is 0 Å². The number of hydrogen-bond acceptors (Lipinski definition) is 11. The second-order valence-electron chi connectivity index (χ2n) is 11.9. The summed E-state index contributed by atoms with van der Waals surface area (Å²) in [5, 5.41) is 8.80. The molecule has 0 spiro atoms. The first-order valence-corrected chi connectivity index (χ1v) is 18.9. The molecule has 48 heavy (non-hydrogen) atoms. The van der Waals surface area contributed by atoms with E-state index in [1.54, 1.807) is 29.9 Å². The van der Waals surface area contributed by atoms with Gasteiger partial charge < -0.3 is 28.1 Å². The fraction of sp³-hybridized carbons (Fsp3) is 0.500. The molecule has 0 aliphatic carbocycles. The zero-order chi connectivity index (χ0) is 34.4. The molecule has 0 amide bonds. The van der Waals surface area contributed by atoms with Gasteiger partial charge in [-0.15, -0.1) is 5.10 Å². The summed E-state index contributed by atoms with van der Waals surface area (Å²) in [6, 6.07) is 16.8. The molecule has 2 aromatic carbocycles. The normalized spacial score (nSPS) is 24.7. The van der Waals surface area contributed by atoms with Gasteiger partial charge in [-0.1, -0.05) is 68.4 Å². The summed E-state index contributed by atoms with van der Waals surface area (Å²) < 4.78 is 52.4. The quantitative estimate of drug-likeness (QED) is 0.137. The molecular weight excluding hydrogens is 641 g/mol. The molecule has 5 rings (SSSR count). The average molecular weight is 684 g/mol. The predicted molar refractivity (Wildman–Crippen MR) is 172 cm³/mol. The van der Waals surface area contributed by atoms with Gasteiger partial charge in [-0.2, -0.15) is 0 Å². The number of fused-ring (bicyclic) bond motifs is 1. The highest BCUT2D eigenvalue weighted by Crippen LogP contribution is 2.43. The van der Waals surface area contributed by atoms with Crippen molar-refractivity contribution in [1.82, 2.24) is 15.0 Å². The molecule has 14 heteroatoms. The molecule has 1 aromatic heterocycles. The second-order valence-corrected chi connectivity index (χ2v) is 16.6. The largest absolute Gasteiger partial charge is 0.463 e. The molecule has 258 valence electrons. The molecule has 0 radical (unpaired) electrons. The van der Waals surface area contributed by atoms with Crippen LogP contribution in [0.15, 0.2) is 60.8 Å². The van der Waals surface area contributed by atoms with Crippen LogP contribution in [0.4, 0.5) is 4.39 Å². The number of aromatic nitrogens is 3. The van der Waals surface area contributed by atoms with E-state index in [1.165, 1.54) is 12.1 Å². The van der Waals surface area contributed by atoms with Crippen molar-refractivity contribution in [3.05, 3.63) is 72.2 Å². The lowest BCUT2D eigenvalue weighted by Gasteiger charge is -2.50. The number of hydrogen-bond donors (Lipinski definition) is 0. The number of ether oxygens (including phenoxy) is 5. The van der Waals surface area contributed by atoms with E-state index in [0.717, 1.165) is 30.6 Å². The van der Waals surface area contributed by atoms with E-state index < -0.39 is 74.7 Å². The van der Waals surface area contributed by atoms with E-state index in [4.69, 9.17) is 28.1 Å². The van der Waals surface area contributed by atoms with Gasteiger partial charge in [0.25, 0.3) is 6.10 Å². The van der Waals surface area contributed by atoms with E-state index >= 15 is 0 Å². The van der Waals surface area contributed by atoms with Crippen molar-refractivity contribution in [1.29, 1.82) is 0 Å². The molecule has 12 nitrogen and oxygen atoms in total. The highest BCUT2D eigenvalue weighted by atomic mass is 28.4. The van der Waals surface area contributed by atoms with Crippen molar-refractivity contribution < 1.29 is 46.9 Å². The maximum atomic E-state index is 14.2. The topological polar surface area (TPSA) is 137 Å². The summed E-state index contributed by atoms with van der Waals surface area (Å²) in [6.45, 7) is 8.91. The number of nitrogens with zero attached hydrogens (tertiary/aromatic N) is 3. The zero-order valence-corrected chi connectivity index (χ0v) is 28.7. The minimum atomic E-state index is -2.51. The van der Waals surface area contributed by atoms with Gasteiger partial charge in [0, 0.05) is 11.1 Å². The van der Waals surface area contributed by atoms with Crippen molar-refractivity contribution in [2.24, 2.45) is 0 Å². The first-order valence-electron chi connectivity index (χ1n) is 16.3. The number of Topliss-reactive ketones (excluding diaryl/α,β-unsaturated/α-hetero) is 1. The fourth-order valence-electron chi connectivity index (χ4n) is 6.19. The molecular formula is C34H42FN3O9Si. The lowest BCUT2D eigenvalue weighted by atomic mass is 9.91. The first-order chi connectivity index (χ1) is 23.1. The van der Waals surface area contributed by atoms with Crippen molar-refractivity contribution in [2.45, 2.75) is 95.6 Å². The van der Waals surface area contributed by atoms with Crippen molar-refractivity contribution >= 4 is 26.0 Å². The fourth-order valence-corrected chi connectivity index (χ4v) is 9.03. The van der Waals surface area contributed by atoms with Gasteiger partial charge in [0.2, 0.25) is 0 Å². The van der Waals surface area contributed by atoms with Crippen molar-refractivity contribution in [3.63, 3.8) is 0 Å². The third-order valence-corrected chi connectivity index (χ3v) is 13.7. The Morgan fingerprint density at radius 3 is 2.40 bits per heavy atom. The van der Waals surface area contributed by atoms with E-state index in [-0.39, 0.29) is 13.2 Å². The third kappa shape index (κ3) is 7.57. The van der Waals surface area contributed by atoms with Gasteiger partial charge in [-0.3, -0.25) is 4.79 Å². The number of carbonyl (C=O) groups is 3. The van der Waals surface area contributed by atoms with Crippen LogP contribution < -0.4 is 0 Å². The number of ketones is 1. The first kappa shape index (κ1) is 35.5. The summed E-state index contributed by atoms with van der Waals surface area (Å²) in [5.41, 5.74) is 1.68. The Balaban J connectivity index is 1.60. The molecule has 3 aromatic rings. The molecule has 2 saturated heterocycles. The summed E-state index contributed by atoms with van der Waals surface area (Å²) in [4.78, 5) is 39.1. The maximum absolute atomic E-state index is 14.2. The minimum Gasteiger partial charge on any atom is -0.463 e. The van der Waals surface area contributed by atoms with Crippen LogP contribution in [0.1, 0.15) is 52.5 Å². The number of esters is 2. The summed E-state index contributed by atoms with van der Waals surface area (Å²) in [6.07, 6.45) is -4.91. The van der Waals surface area contributed by atoms with Gasteiger partial charge in [0.05, 0.1) is 19.4 Å². The Morgan fingerprint density at radius 1 is 1.02 bits per heavy atom. The Hall–Kier alpha value is -3.82. The summed E-state index contributed by atoms with van der Waals surface area (Å²) in [5.74, 6) is -3.08. The molecule has 0 N–H and O–H groups in total. The van der Waals surface area contributed by atoms with Gasteiger partial charge in [0.15, 0.2) is 26.5 Å². The number of halogens is 1. The Morgan fingerprint density at radius 2 is 1.75 bits per heavy atom. The zero-order valence-electron chi connectivity index (χ0n) is 27.7. The van der Waals surface area contributed by atoms with Gasteiger partial charge in [-0.25, -0.2) is 18.7 Å². The lowest BCUT2D eigenvalue weighted by molar-refractivity contribution is -0.313. The molecule has 0 bridgehead atoms. The van der Waals surface area contributed by atoms with E-state index in [0.29, 0.717) is 11.3 Å². The van der Waals surface area contributed by atoms with E-state index in [2.05, 4.69) is 31.1 Å². The standard InChI is InChI=1S/C34H42FN3O9Si/c1-6-42-32(40)28(21(5)39)45-33(41)31-30(47-48(7-2,8-3)9-4)27(38-19-25(36-37-38)23-16-13-17-24(35)18-23)29-26(44-31)20-43-34(46-29)22-14-11-10-12-15-22/h10-19,26-31,34H,6-9,20H2,1-5H3/t26-,27+,28+,29+,30-,31-,34?/m1/s1. The molecule has 3 heterocycles. The van der Waals surface area contributed by atoms with Gasteiger partial charge in [0.1, 0.15) is 35.9 Å². The number of rotatable bonds is 13. The number of benzene rings is 2. The van der Waals surface area contributed by atoms with Crippen LogP contribution in [-0.2, 0) is 42.5 Å². The van der Waals surface area contributed by atoms with Crippen LogP contribution >= 0.6 is 0 Å². The lowest BCUT2D eigenvalue weighted by Crippen LogP contribution is -2.64. The third-order valence-electron chi connectivity index (χ3n) is 9.02. The average Bonchev–Trinajstić information content (AvgIpc) is 3.59. The van der Waals surface area contributed by atoms with Gasteiger partial charge in [-0.05, 0) is 44.1 Å². The Labute approximate surface area is 279 Å². The van der Waals surface area contributed by atoms with Crippen LogP contribution in [0.25, 0.3) is 11.3 Å². The SMILES string of the molecule is CCOC(=O)[C@@H](OC(=O)[C@@H]1O[C@@H]2COC(c3ccccc3)O[C@@H]2[C@H](n2cc(-c3cccc(F)c3)nn2)[C@H]1O[Si](CC)(CC)CC)C(C)=O. The van der Waals surface area contributed by atoms with Crippen LogP contribution in [0, 0.1) is 5.82 Å². The second kappa shape index (κ2) is 15.6. The molecule has 0 saturated carbocycles. The maximum Gasteiger partial charge on any atom is 0.355 e. The Kier molecular flexibility index (Phi) is 11.5. The van der Waals surface area contributed by atoms with Gasteiger partial charge >= 0.3 is 11.9 Å².